The van der Waals surface area contributed by atoms with E-state index < -0.39 is 22.2 Å². The number of nitrogens with one attached hydrogen (secondary N) is 2. The first-order valence-electron chi connectivity index (χ1n) is 9.57. The average molecular weight is 414 g/mol. The third-order valence-electron chi connectivity index (χ3n) is 4.67. The zero-order valence-electron chi connectivity index (χ0n) is 16.5. The standard InChI is InChI=1S/C19H31N3O5S/c1-22(2)12-6-11-20-19(24)13-15-9-10-17(18(14-23)27-15)21-28(25,26)16-7-4-3-5-8-16/h3-5,7-8,15,17-18,21,23H,6,9-14H2,1-2H3,(H,20,24)/t15-,17-,18-/m0/s1. The van der Waals surface area contributed by atoms with E-state index in [-0.39, 0.29) is 29.9 Å². The molecule has 0 aromatic heterocycles. The van der Waals surface area contributed by atoms with Crippen molar-refractivity contribution in [1.82, 2.24) is 14.9 Å². The molecule has 0 radical (unpaired) electrons. The topological polar surface area (TPSA) is 108 Å². The molecule has 2 rings (SSSR count). The van der Waals surface area contributed by atoms with Gasteiger partial charge in [-0.25, -0.2) is 13.1 Å². The number of amides is 1. The lowest BCUT2D eigenvalue weighted by molar-refractivity contribution is -0.130. The van der Waals surface area contributed by atoms with Gasteiger partial charge in [0.15, 0.2) is 0 Å². The summed E-state index contributed by atoms with van der Waals surface area (Å²) >= 11 is 0. The van der Waals surface area contributed by atoms with Crippen LogP contribution in [-0.4, -0.2) is 76.4 Å². The summed E-state index contributed by atoms with van der Waals surface area (Å²) in [4.78, 5) is 14.3. The second kappa shape index (κ2) is 10.9. The third-order valence-corrected chi connectivity index (χ3v) is 6.18. The average Bonchev–Trinajstić information content (AvgIpc) is 2.67. The summed E-state index contributed by atoms with van der Waals surface area (Å²) in [6, 6.07) is 7.56. The lowest BCUT2D eigenvalue weighted by Gasteiger charge is -2.35. The van der Waals surface area contributed by atoms with E-state index in [0.717, 1.165) is 13.0 Å². The van der Waals surface area contributed by atoms with Crippen LogP contribution >= 0.6 is 0 Å². The molecule has 0 spiro atoms. The number of aliphatic hydroxyl groups excluding tert-OH is 1. The van der Waals surface area contributed by atoms with Crippen LogP contribution in [0.2, 0.25) is 0 Å². The van der Waals surface area contributed by atoms with E-state index in [2.05, 4.69) is 14.9 Å². The molecule has 158 valence electrons. The van der Waals surface area contributed by atoms with Gasteiger partial charge in [0, 0.05) is 6.54 Å². The molecule has 1 aromatic carbocycles. The van der Waals surface area contributed by atoms with Gasteiger partial charge >= 0.3 is 0 Å². The predicted molar refractivity (Wildman–Crippen MR) is 106 cm³/mol. The van der Waals surface area contributed by atoms with E-state index >= 15 is 0 Å². The number of sulfonamides is 1. The van der Waals surface area contributed by atoms with Crippen molar-refractivity contribution < 1.29 is 23.1 Å². The number of carbonyl (C=O) groups is 1. The number of benzene rings is 1. The highest BCUT2D eigenvalue weighted by atomic mass is 32.2. The van der Waals surface area contributed by atoms with Crippen LogP contribution < -0.4 is 10.0 Å². The van der Waals surface area contributed by atoms with Gasteiger partial charge in [-0.3, -0.25) is 4.79 Å². The van der Waals surface area contributed by atoms with Gasteiger partial charge in [-0.2, -0.15) is 0 Å². The molecule has 0 saturated carbocycles. The number of nitrogens with zero attached hydrogens (tertiary/aromatic N) is 1. The molecular formula is C19H31N3O5S. The number of hydrogen-bond donors (Lipinski definition) is 3. The van der Waals surface area contributed by atoms with Gasteiger partial charge < -0.3 is 20.1 Å². The molecule has 0 aliphatic carbocycles. The molecule has 1 fully saturated rings. The quantitative estimate of drug-likeness (QED) is 0.477. The van der Waals surface area contributed by atoms with Crippen molar-refractivity contribution in [2.45, 2.75) is 48.8 Å². The Bertz CT molecular complexity index is 712. The molecule has 1 saturated heterocycles. The van der Waals surface area contributed by atoms with Crippen molar-refractivity contribution in [3.63, 3.8) is 0 Å². The van der Waals surface area contributed by atoms with E-state index in [1.807, 2.05) is 14.1 Å². The van der Waals surface area contributed by atoms with Crippen molar-refractivity contribution in [2.75, 3.05) is 33.8 Å². The van der Waals surface area contributed by atoms with Crippen LogP contribution in [0.1, 0.15) is 25.7 Å². The van der Waals surface area contributed by atoms with Crippen LogP contribution in [0.15, 0.2) is 35.2 Å². The number of aliphatic hydroxyl groups is 1. The molecule has 0 bridgehead atoms. The minimum absolute atomic E-state index is 0.0937. The summed E-state index contributed by atoms with van der Waals surface area (Å²) in [6.07, 6.45) is 1.10. The van der Waals surface area contributed by atoms with Crippen LogP contribution in [0.25, 0.3) is 0 Å². The fraction of sp³-hybridized carbons (Fsp3) is 0.632. The van der Waals surface area contributed by atoms with E-state index in [0.29, 0.717) is 19.4 Å². The minimum Gasteiger partial charge on any atom is -0.394 e. The first-order chi connectivity index (χ1) is 13.3. The Kier molecular flexibility index (Phi) is 8.84. The Morgan fingerprint density at radius 2 is 1.96 bits per heavy atom. The molecule has 1 aliphatic rings. The molecule has 3 N–H and O–H groups in total. The normalized spacial score (nSPS) is 22.9. The highest BCUT2D eigenvalue weighted by Crippen LogP contribution is 2.23. The van der Waals surface area contributed by atoms with Gasteiger partial charge in [0.05, 0.1) is 36.2 Å². The summed E-state index contributed by atoms with van der Waals surface area (Å²) in [5.74, 6) is -0.0937. The van der Waals surface area contributed by atoms with Gasteiger partial charge in [0.1, 0.15) is 0 Å². The SMILES string of the molecule is CN(C)CCCNC(=O)C[C@@H]1CC[C@H](NS(=O)(=O)c2ccccc2)[C@H](CO)O1. The van der Waals surface area contributed by atoms with Crippen molar-refractivity contribution >= 4 is 15.9 Å². The zero-order valence-corrected chi connectivity index (χ0v) is 17.3. The van der Waals surface area contributed by atoms with Gasteiger partial charge in [0.2, 0.25) is 15.9 Å². The largest absolute Gasteiger partial charge is 0.394 e. The molecule has 3 atom stereocenters. The van der Waals surface area contributed by atoms with E-state index in [1.165, 1.54) is 12.1 Å². The number of ether oxygens (including phenoxy) is 1. The summed E-state index contributed by atoms with van der Waals surface area (Å²) in [5.41, 5.74) is 0. The van der Waals surface area contributed by atoms with Crippen molar-refractivity contribution in [3.8, 4) is 0 Å². The summed E-state index contributed by atoms with van der Waals surface area (Å²) < 4.78 is 33.4. The highest BCUT2D eigenvalue weighted by Gasteiger charge is 2.34. The van der Waals surface area contributed by atoms with E-state index in [4.69, 9.17) is 4.74 Å². The summed E-state index contributed by atoms with van der Waals surface area (Å²) in [5, 5.41) is 12.5. The molecular weight excluding hydrogens is 382 g/mol. The monoisotopic (exact) mass is 413 g/mol. The molecule has 9 heteroatoms. The lowest BCUT2D eigenvalue weighted by Crippen LogP contribution is -2.51. The maximum atomic E-state index is 12.5. The fourth-order valence-corrected chi connectivity index (χ4v) is 4.51. The van der Waals surface area contributed by atoms with Gasteiger partial charge in [-0.15, -0.1) is 0 Å². The second-order valence-corrected chi connectivity index (χ2v) is 9.02. The van der Waals surface area contributed by atoms with Crippen molar-refractivity contribution in [1.29, 1.82) is 0 Å². The highest BCUT2D eigenvalue weighted by molar-refractivity contribution is 7.89. The third kappa shape index (κ3) is 7.14. The Balaban J connectivity index is 1.83. The smallest absolute Gasteiger partial charge is 0.240 e. The number of hydrogen-bond acceptors (Lipinski definition) is 6. The fourth-order valence-electron chi connectivity index (χ4n) is 3.19. The maximum absolute atomic E-state index is 12.5. The van der Waals surface area contributed by atoms with Gasteiger partial charge in [0.25, 0.3) is 0 Å². The molecule has 1 aliphatic heterocycles. The van der Waals surface area contributed by atoms with Crippen molar-refractivity contribution in [3.05, 3.63) is 30.3 Å². The van der Waals surface area contributed by atoms with Crippen LogP contribution in [-0.2, 0) is 19.6 Å². The van der Waals surface area contributed by atoms with Crippen LogP contribution in [0, 0.1) is 0 Å². The Morgan fingerprint density at radius 3 is 2.61 bits per heavy atom. The second-order valence-electron chi connectivity index (χ2n) is 7.31. The van der Waals surface area contributed by atoms with Crippen LogP contribution in [0.5, 0.6) is 0 Å². The molecule has 1 heterocycles. The molecule has 1 aromatic rings. The Morgan fingerprint density at radius 1 is 1.25 bits per heavy atom. The maximum Gasteiger partial charge on any atom is 0.240 e. The van der Waals surface area contributed by atoms with E-state index in [9.17, 15) is 18.3 Å². The lowest BCUT2D eigenvalue weighted by atomic mass is 9.98. The predicted octanol–water partition coefficient (Wildman–Crippen LogP) is 0.331. The Labute approximate surface area is 167 Å². The van der Waals surface area contributed by atoms with Crippen LogP contribution in [0.4, 0.5) is 0 Å². The molecule has 8 nitrogen and oxygen atoms in total. The summed E-state index contributed by atoms with van der Waals surface area (Å²) in [7, 11) is 0.273. The minimum atomic E-state index is -3.69. The molecule has 28 heavy (non-hydrogen) atoms. The van der Waals surface area contributed by atoms with Crippen molar-refractivity contribution in [2.24, 2.45) is 0 Å². The van der Waals surface area contributed by atoms with E-state index in [1.54, 1.807) is 18.2 Å². The first-order valence-corrected chi connectivity index (χ1v) is 11.0. The molecule has 0 unspecified atom stereocenters. The zero-order chi connectivity index (χ0) is 20.6. The van der Waals surface area contributed by atoms with Gasteiger partial charge in [-0.1, -0.05) is 18.2 Å². The molecule has 1 amide bonds. The first kappa shape index (κ1) is 22.8. The summed E-state index contributed by atoms with van der Waals surface area (Å²) in [6.45, 7) is 1.19. The van der Waals surface area contributed by atoms with Crippen LogP contribution in [0.3, 0.4) is 0 Å². The Hall–Kier alpha value is -1.52. The number of carbonyl (C=O) groups excluding carboxylic acids is 1. The number of rotatable bonds is 10. The van der Waals surface area contributed by atoms with Gasteiger partial charge in [-0.05, 0) is 52.0 Å².